The monoisotopic (exact) mass is 428 g/mol. The van der Waals surface area contributed by atoms with Gasteiger partial charge in [-0.15, -0.1) is 0 Å². The van der Waals surface area contributed by atoms with Gasteiger partial charge in [-0.3, -0.25) is 9.52 Å². The molecule has 0 aliphatic rings. The first kappa shape index (κ1) is 21.1. The molecule has 2 N–H and O–H groups in total. The molecule has 0 spiro atoms. The van der Waals surface area contributed by atoms with E-state index in [0.717, 1.165) is 6.07 Å². The van der Waals surface area contributed by atoms with E-state index >= 15 is 0 Å². The number of carbonyl (C=O) groups excluding carboxylic acids is 2. The lowest BCUT2D eigenvalue weighted by Gasteiger charge is -2.12. The van der Waals surface area contributed by atoms with Gasteiger partial charge in [-0.25, -0.2) is 13.2 Å². The second kappa shape index (κ2) is 8.83. The zero-order chi connectivity index (χ0) is 21.7. The van der Waals surface area contributed by atoms with Gasteiger partial charge in [-0.1, -0.05) is 30.3 Å². The summed E-state index contributed by atoms with van der Waals surface area (Å²) in [5.41, 5.74) is 0.797. The van der Waals surface area contributed by atoms with Gasteiger partial charge < -0.3 is 14.5 Å². The number of sulfonamides is 1. The van der Waals surface area contributed by atoms with Crippen LogP contribution in [-0.2, 0) is 14.8 Å². The molecule has 0 radical (unpaired) electrons. The lowest BCUT2D eigenvalue weighted by Crippen LogP contribution is -2.18. The predicted octanol–water partition coefficient (Wildman–Crippen LogP) is 3.82. The summed E-state index contributed by atoms with van der Waals surface area (Å²) in [6.45, 7) is 3.18. The number of carbonyl (C=O) groups is 2. The molecule has 0 saturated carbocycles. The molecule has 8 nitrogen and oxygen atoms in total. The fourth-order valence-corrected chi connectivity index (χ4v) is 3.98. The standard InChI is InChI=1S/C21H20N2O6S/c1-3-28-21(25)18-13-19(14(2)29-18)30(26,27)23-17-12-8-7-11-16(17)20(24)22-15-9-5-4-6-10-15/h4-13,23H,3H2,1-2H3,(H,22,24). The second-order valence-corrected chi connectivity index (χ2v) is 7.87. The van der Waals surface area contributed by atoms with Gasteiger partial charge in [0.1, 0.15) is 10.7 Å². The quantitative estimate of drug-likeness (QED) is 0.553. The van der Waals surface area contributed by atoms with Crippen molar-refractivity contribution in [1.29, 1.82) is 0 Å². The van der Waals surface area contributed by atoms with Crippen LogP contribution < -0.4 is 10.0 Å². The van der Waals surface area contributed by atoms with E-state index in [4.69, 9.17) is 9.15 Å². The number of amides is 1. The summed E-state index contributed by atoms with van der Waals surface area (Å²) < 4.78 is 38.3. The molecule has 3 rings (SSSR count). The summed E-state index contributed by atoms with van der Waals surface area (Å²) in [6, 6.07) is 16.1. The normalized spacial score (nSPS) is 11.0. The average Bonchev–Trinajstić information content (AvgIpc) is 3.12. The van der Waals surface area contributed by atoms with E-state index < -0.39 is 21.9 Å². The Morgan fingerprint density at radius 3 is 2.40 bits per heavy atom. The maximum Gasteiger partial charge on any atom is 0.374 e. The Bertz CT molecular complexity index is 1170. The van der Waals surface area contributed by atoms with Crippen molar-refractivity contribution in [2.24, 2.45) is 0 Å². The van der Waals surface area contributed by atoms with Crippen molar-refractivity contribution in [2.75, 3.05) is 16.6 Å². The van der Waals surface area contributed by atoms with Crippen LogP contribution in [0.4, 0.5) is 11.4 Å². The van der Waals surface area contributed by atoms with Gasteiger partial charge >= 0.3 is 5.97 Å². The van der Waals surface area contributed by atoms with Gasteiger partial charge in [0.05, 0.1) is 17.9 Å². The fraction of sp³-hybridized carbons (Fsp3) is 0.143. The van der Waals surface area contributed by atoms with Gasteiger partial charge in [0, 0.05) is 11.8 Å². The van der Waals surface area contributed by atoms with E-state index in [1.165, 1.54) is 19.1 Å². The first-order valence-electron chi connectivity index (χ1n) is 9.07. The van der Waals surface area contributed by atoms with Gasteiger partial charge in [-0.05, 0) is 38.1 Å². The summed E-state index contributed by atoms with van der Waals surface area (Å²) in [4.78, 5) is 24.3. The van der Waals surface area contributed by atoms with Gasteiger partial charge in [0.15, 0.2) is 0 Å². The van der Waals surface area contributed by atoms with Crippen molar-refractivity contribution >= 4 is 33.3 Å². The summed E-state index contributed by atoms with van der Waals surface area (Å²) in [5.74, 6) is -1.43. The number of benzene rings is 2. The molecule has 0 aliphatic carbocycles. The average molecular weight is 428 g/mol. The minimum Gasteiger partial charge on any atom is -0.460 e. The van der Waals surface area contributed by atoms with Crippen LogP contribution in [0, 0.1) is 6.92 Å². The largest absolute Gasteiger partial charge is 0.460 e. The number of ether oxygens (including phenoxy) is 1. The molecule has 0 atom stereocenters. The summed E-state index contributed by atoms with van der Waals surface area (Å²) in [6.07, 6.45) is 0. The van der Waals surface area contributed by atoms with Crippen LogP contribution in [0.15, 0.2) is 70.0 Å². The van der Waals surface area contributed by atoms with Crippen LogP contribution in [0.3, 0.4) is 0 Å². The van der Waals surface area contributed by atoms with Crippen molar-refractivity contribution in [1.82, 2.24) is 0 Å². The molecule has 0 fully saturated rings. The molecule has 0 saturated heterocycles. The molecule has 0 aliphatic heterocycles. The zero-order valence-electron chi connectivity index (χ0n) is 16.3. The van der Waals surface area contributed by atoms with Crippen LogP contribution in [-0.4, -0.2) is 26.9 Å². The van der Waals surface area contributed by atoms with E-state index in [1.54, 1.807) is 43.3 Å². The molecule has 2 aromatic carbocycles. The van der Waals surface area contributed by atoms with Gasteiger partial charge in [-0.2, -0.15) is 0 Å². The lowest BCUT2D eigenvalue weighted by molar-refractivity contribution is 0.0488. The molecule has 1 aromatic heterocycles. The highest BCUT2D eigenvalue weighted by atomic mass is 32.2. The number of esters is 1. The third kappa shape index (κ3) is 4.69. The Morgan fingerprint density at radius 2 is 1.70 bits per heavy atom. The minimum absolute atomic E-state index is 0.0248. The van der Waals surface area contributed by atoms with Crippen molar-refractivity contribution < 1.29 is 27.2 Å². The van der Waals surface area contributed by atoms with Crippen LogP contribution in [0.25, 0.3) is 0 Å². The Balaban J connectivity index is 1.88. The number of rotatable bonds is 7. The first-order chi connectivity index (χ1) is 14.3. The SMILES string of the molecule is CCOC(=O)c1cc(S(=O)(=O)Nc2ccccc2C(=O)Nc2ccccc2)c(C)o1. The predicted molar refractivity (Wildman–Crippen MR) is 111 cm³/mol. The topological polar surface area (TPSA) is 115 Å². The molecule has 0 unspecified atom stereocenters. The van der Waals surface area contributed by atoms with E-state index in [-0.39, 0.29) is 34.3 Å². The van der Waals surface area contributed by atoms with E-state index in [2.05, 4.69) is 10.0 Å². The van der Waals surface area contributed by atoms with Crippen molar-refractivity contribution in [3.8, 4) is 0 Å². The molecular weight excluding hydrogens is 408 g/mol. The Hall–Kier alpha value is -3.59. The van der Waals surface area contributed by atoms with E-state index in [1.807, 2.05) is 6.07 Å². The van der Waals surface area contributed by atoms with Crippen molar-refractivity contribution in [2.45, 2.75) is 18.7 Å². The van der Waals surface area contributed by atoms with Crippen molar-refractivity contribution in [3.05, 3.63) is 77.7 Å². The van der Waals surface area contributed by atoms with Crippen molar-refractivity contribution in [3.63, 3.8) is 0 Å². The minimum atomic E-state index is -4.13. The highest BCUT2D eigenvalue weighted by Crippen LogP contribution is 2.25. The molecule has 9 heteroatoms. The van der Waals surface area contributed by atoms with Gasteiger partial charge in [0.2, 0.25) is 5.76 Å². The van der Waals surface area contributed by atoms with Gasteiger partial charge in [0.25, 0.3) is 15.9 Å². The number of hydrogen-bond acceptors (Lipinski definition) is 6. The lowest BCUT2D eigenvalue weighted by atomic mass is 10.1. The molecular formula is C21H20N2O6S. The highest BCUT2D eigenvalue weighted by Gasteiger charge is 2.26. The molecule has 1 amide bonds. The third-order valence-corrected chi connectivity index (χ3v) is 5.56. The Labute approximate surface area is 173 Å². The number of anilines is 2. The Kier molecular flexibility index (Phi) is 6.22. The maximum absolute atomic E-state index is 12.9. The molecule has 0 bridgehead atoms. The van der Waals surface area contributed by atoms with Crippen LogP contribution in [0.1, 0.15) is 33.6 Å². The van der Waals surface area contributed by atoms with Crippen LogP contribution in [0.2, 0.25) is 0 Å². The summed E-state index contributed by atoms with van der Waals surface area (Å²) >= 11 is 0. The van der Waals surface area contributed by atoms with Crippen LogP contribution in [0.5, 0.6) is 0 Å². The molecule has 156 valence electrons. The summed E-state index contributed by atoms with van der Waals surface area (Å²) in [5, 5.41) is 2.72. The first-order valence-corrected chi connectivity index (χ1v) is 10.6. The molecule has 30 heavy (non-hydrogen) atoms. The maximum atomic E-state index is 12.9. The number of para-hydroxylation sites is 2. The number of hydrogen-bond donors (Lipinski definition) is 2. The number of aryl methyl sites for hydroxylation is 1. The zero-order valence-corrected chi connectivity index (χ0v) is 17.2. The molecule has 1 heterocycles. The van der Waals surface area contributed by atoms with E-state index in [0.29, 0.717) is 5.69 Å². The second-order valence-electron chi connectivity index (χ2n) is 6.22. The smallest absolute Gasteiger partial charge is 0.374 e. The highest BCUT2D eigenvalue weighted by molar-refractivity contribution is 7.92. The number of nitrogens with one attached hydrogen (secondary N) is 2. The Morgan fingerprint density at radius 1 is 1.03 bits per heavy atom. The molecule has 3 aromatic rings. The number of furan rings is 1. The fourth-order valence-electron chi connectivity index (χ4n) is 2.72. The van der Waals surface area contributed by atoms with Crippen LogP contribution >= 0.6 is 0 Å². The van der Waals surface area contributed by atoms with E-state index in [9.17, 15) is 18.0 Å². The summed E-state index contributed by atoms with van der Waals surface area (Å²) in [7, 11) is -4.13. The third-order valence-electron chi connectivity index (χ3n) is 4.09.